The van der Waals surface area contributed by atoms with Crippen molar-refractivity contribution in [1.82, 2.24) is 9.80 Å². The van der Waals surface area contributed by atoms with Crippen LogP contribution in [0.15, 0.2) is 30.3 Å². The van der Waals surface area contributed by atoms with Gasteiger partial charge in [0.1, 0.15) is 0 Å². The van der Waals surface area contributed by atoms with Crippen LogP contribution in [-0.2, 0) is 0 Å². The summed E-state index contributed by atoms with van der Waals surface area (Å²) in [5.41, 5.74) is 0.786. The minimum Gasteiger partial charge on any atom is -0.395 e. The van der Waals surface area contributed by atoms with Crippen LogP contribution in [0.4, 0.5) is 0 Å². The zero-order valence-corrected chi connectivity index (χ0v) is 18.7. The summed E-state index contributed by atoms with van der Waals surface area (Å²) in [5.74, 6) is 0.166. The number of aliphatic hydroxyl groups excluding tert-OH is 3. The first-order valence-corrected chi connectivity index (χ1v) is 12.2. The fourth-order valence-corrected chi connectivity index (χ4v) is 5.10. The number of rotatable bonds is 10. The van der Waals surface area contributed by atoms with E-state index >= 15 is 0 Å². The summed E-state index contributed by atoms with van der Waals surface area (Å²) in [6.07, 6.45) is 9.02. The number of nitrogens with zero attached hydrogens (tertiary/aromatic N) is 2. The van der Waals surface area contributed by atoms with Crippen LogP contribution in [0.25, 0.3) is 0 Å². The number of benzene rings is 1. The van der Waals surface area contributed by atoms with Crippen LogP contribution in [0, 0.1) is 0 Å². The third kappa shape index (κ3) is 7.01. The summed E-state index contributed by atoms with van der Waals surface area (Å²) >= 11 is 0. The maximum atomic E-state index is 13.1. The Labute approximate surface area is 186 Å². The maximum Gasteiger partial charge on any atom is 0.254 e. The first-order chi connectivity index (χ1) is 15.1. The minimum atomic E-state index is -0.735. The van der Waals surface area contributed by atoms with E-state index in [-0.39, 0.29) is 18.6 Å². The molecule has 0 spiro atoms. The number of amides is 1. The topological polar surface area (TPSA) is 84.2 Å². The molecule has 6 heteroatoms. The van der Waals surface area contributed by atoms with Crippen LogP contribution in [0.1, 0.15) is 74.6 Å². The Morgan fingerprint density at radius 2 is 1.68 bits per heavy atom. The highest BCUT2D eigenvalue weighted by Crippen LogP contribution is 2.25. The Morgan fingerprint density at radius 3 is 2.39 bits per heavy atom. The van der Waals surface area contributed by atoms with E-state index in [1.807, 2.05) is 30.3 Å². The van der Waals surface area contributed by atoms with E-state index in [2.05, 4.69) is 9.80 Å². The number of β-amino-alcohol motifs (C(OH)–C–C–N with tert-alkyl or cyclic N) is 1. The van der Waals surface area contributed by atoms with Gasteiger partial charge in [0, 0.05) is 30.7 Å². The molecule has 3 rings (SSSR count). The molecule has 0 unspecified atom stereocenters. The predicted molar refractivity (Wildman–Crippen MR) is 122 cm³/mol. The predicted octanol–water partition coefficient (Wildman–Crippen LogP) is 2.81. The van der Waals surface area contributed by atoms with Crippen LogP contribution in [0.2, 0.25) is 0 Å². The highest BCUT2D eigenvalue weighted by Gasteiger charge is 2.32. The van der Waals surface area contributed by atoms with Crippen molar-refractivity contribution in [3.8, 4) is 0 Å². The molecule has 2 fully saturated rings. The molecule has 31 heavy (non-hydrogen) atoms. The van der Waals surface area contributed by atoms with E-state index in [1.54, 1.807) is 0 Å². The highest BCUT2D eigenvalue weighted by molar-refractivity contribution is 5.94. The molecule has 174 valence electrons. The van der Waals surface area contributed by atoms with Crippen molar-refractivity contribution in [3.05, 3.63) is 35.9 Å². The van der Waals surface area contributed by atoms with E-state index in [9.17, 15) is 20.1 Å². The summed E-state index contributed by atoms with van der Waals surface area (Å²) < 4.78 is 0. The molecule has 1 saturated heterocycles. The van der Waals surface area contributed by atoms with Gasteiger partial charge in [0.2, 0.25) is 0 Å². The van der Waals surface area contributed by atoms with Gasteiger partial charge in [-0.25, -0.2) is 0 Å². The Balaban J connectivity index is 1.43. The van der Waals surface area contributed by atoms with Crippen molar-refractivity contribution in [1.29, 1.82) is 0 Å². The third-order valence-corrected chi connectivity index (χ3v) is 7.00. The van der Waals surface area contributed by atoms with E-state index in [0.29, 0.717) is 19.0 Å². The fourth-order valence-electron chi connectivity index (χ4n) is 5.10. The highest BCUT2D eigenvalue weighted by atomic mass is 16.3. The first kappa shape index (κ1) is 24.2. The summed E-state index contributed by atoms with van der Waals surface area (Å²) in [5, 5.41) is 29.3. The van der Waals surface area contributed by atoms with Crippen LogP contribution < -0.4 is 0 Å². The molecule has 1 aromatic carbocycles. The lowest BCUT2D eigenvalue weighted by atomic mass is 9.93. The number of aliphatic hydroxyl groups is 3. The smallest absolute Gasteiger partial charge is 0.254 e. The van der Waals surface area contributed by atoms with Gasteiger partial charge in [0.25, 0.3) is 5.91 Å². The number of unbranched alkanes of at least 4 members (excludes halogenated alkanes) is 3. The molecule has 1 amide bonds. The minimum absolute atomic E-state index is 0.0156. The fraction of sp³-hybridized carbons (Fsp3) is 0.720. The normalized spacial score (nSPS) is 25.5. The molecule has 0 radical (unpaired) electrons. The van der Waals surface area contributed by atoms with Gasteiger partial charge in [-0.05, 0) is 50.8 Å². The van der Waals surface area contributed by atoms with Gasteiger partial charge in [-0.2, -0.15) is 0 Å². The van der Waals surface area contributed by atoms with Crippen LogP contribution in [0.5, 0.6) is 0 Å². The molecule has 1 heterocycles. The van der Waals surface area contributed by atoms with Gasteiger partial charge in [-0.15, -0.1) is 0 Å². The number of hydrogen-bond donors (Lipinski definition) is 3. The molecule has 3 atom stereocenters. The lowest BCUT2D eigenvalue weighted by molar-refractivity contribution is -0.0710. The van der Waals surface area contributed by atoms with Gasteiger partial charge < -0.3 is 20.2 Å². The Hall–Kier alpha value is -1.47. The van der Waals surface area contributed by atoms with E-state index in [0.717, 1.165) is 57.2 Å². The second-order valence-electron chi connectivity index (χ2n) is 9.27. The summed E-state index contributed by atoms with van der Waals surface area (Å²) in [6.45, 7) is 2.08. The SMILES string of the molecule is O=C(c1ccccc1)N(CCCCCCN1C[C@H](O)[C@@H](O)C[C@H]1CO)C1CCCCC1. The van der Waals surface area contributed by atoms with Gasteiger partial charge >= 0.3 is 0 Å². The zero-order chi connectivity index (χ0) is 22.1. The number of carbonyl (C=O) groups is 1. The van der Waals surface area contributed by atoms with Gasteiger partial charge in [-0.1, -0.05) is 50.3 Å². The van der Waals surface area contributed by atoms with Crippen LogP contribution >= 0.6 is 0 Å². The Bertz CT molecular complexity index is 650. The molecule has 0 bridgehead atoms. The summed E-state index contributed by atoms with van der Waals surface area (Å²) in [4.78, 5) is 17.4. The average Bonchev–Trinajstić information content (AvgIpc) is 2.81. The quantitative estimate of drug-likeness (QED) is 0.495. The molecular weight excluding hydrogens is 392 g/mol. The van der Waals surface area contributed by atoms with Crippen molar-refractivity contribution in [2.45, 2.75) is 88.5 Å². The molecule has 1 saturated carbocycles. The lowest BCUT2D eigenvalue weighted by Crippen LogP contribution is -2.53. The third-order valence-electron chi connectivity index (χ3n) is 7.00. The van der Waals surface area contributed by atoms with Crippen LogP contribution in [-0.4, -0.2) is 81.6 Å². The van der Waals surface area contributed by atoms with E-state index in [4.69, 9.17) is 0 Å². The molecule has 3 N–H and O–H groups in total. The van der Waals surface area contributed by atoms with Gasteiger partial charge in [0.15, 0.2) is 0 Å². The standard InChI is InChI=1S/C25H40N2O4/c28-19-22-17-23(29)24(30)18-26(22)15-9-1-2-10-16-27(21-13-7-4-8-14-21)25(31)20-11-5-3-6-12-20/h3,5-6,11-12,21-24,28-30H,1-2,4,7-10,13-19H2/t22-,23-,24-/m0/s1. The van der Waals surface area contributed by atoms with Gasteiger partial charge in [0.05, 0.1) is 18.8 Å². The molecule has 1 aromatic rings. The number of likely N-dealkylation sites (tertiary alicyclic amines) is 1. The maximum absolute atomic E-state index is 13.1. The Morgan fingerprint density at radius 1 is 0.968 bits per heavy atom. The molecule has 6 nitrogen and oxygen atoms in total. The lowest BCUT2D eigenvalue weighted by Gasteiger charge is -2.39. The molecule has 1 aliphatic heterocycles. The second-order valence-corrected chi connectivity index (χ2v) is 9.27. The number of carbonyl (C=O) groups excluding carboxylic acids is 1. The van der Waals surface area contributed by atoms with E-state index < -0.39 is 12.2 Å². The van der Waals surface area contributed by atoms with Crippen molar-refractivity contribution in [2.75, 3.05) is 26.2 Å². The molecule has 2 aliphatic rings. The van der Waals surface area contributed by atoms with Gasteiger partial charge in [-0.3, -0.25) is 9.69 Å². The van der Waals surface area contributed by atoms with Crippen molar-refractivity contribution >= 4 is 5.91 Å². The van der Waals surface area contributed by atoms with Crippen molar-refractivity contribution < 1.29 is 20.1 Å². The average molecular weight is 433 g/mol. The van der Waals surface area contributed by atoms with Crippen molar-refractivity contribution in [3.63, 3.8) is 0 Å². The number of piperidine rings is 1. The largest absolute Gasteiger partial charge is 0.395 e. The number of hydrogen-bond acceptors (Lipinski definition) is 5. The summed E-state index contributed by atoms with van der Waals surface area (Å²) in [7, 11) is 0. The molecular formula is C25H40N2O4. The second kappa shape index (κ2) is 12.5. The van der Waals surface area contributed by atoms with Crippen LogP contribution in [0.3, 0.4) is 0 Å². The van der Waals surface area contributed by atoms with Crippen molar-refractivity contribution in [2.24, 2.45) is 0 Å². The van der Waals surface area contributed by atoms with E-state index in [1.165, 1.54) is 19.3 Å². The molecule has 1 aliphatic carbocycles. The molecule has 0 aromatic heterocycles. The monoisotopic (exact) mass is 432 g/mol. The Kier molecular flexibility index (Phi) is 9.78. The zero-order valence-electron chi connectivity index (χ0n) is 18.7. The summed E-state index contributed by atoms with van der Waals surface area (Å²) in [6, 6.07) is 9.95. The first-order valence-electron chi connectivity index (χ1n) is 12.2.